The average molecular weight is 787 g/mol. The van der Waals surface area contributed by atoms with E-state index < -0.39 is 30.1 Å². The predicted octanol–water partition coefficient (Wildman–Crippen LogP) is 5.45. The van der Waals surface area contributed by atoms with E-state index >= 15 is 0 Å². The molecule has 54 heavy (non-hydrogen) atoms. The van der Waals surface area contributed by atoms with Crippen LogP contribution in [-0.2, 0) is 54.3 Å². The minimum atomic E-state index is -3.27. The molecule has 0 amide bonds. The van der Waals surface area contributed by atoms with Gasteiger partial charge >= 0.3 is 11.9 Å². The minimum absolute atomic E-state index is 0.0136. The summed E-state index contributed by atoms with van der Waals surface area (Å²) in [6, 6.07) is 9.47. The minimum Gasteiger partial charge on any atom is -0.461 e. The maximum atomic E-state index is 14.3. The monoisotopic (exact) mass is 786 g/mol. The van der Waals surface area contributed by atoms with Gasteiger partial charge in [-0.3, -0.25) is 33.8 Å². The highest BCUT2D eigenvalue weighted by Crippen LogP contribution is 2.48. The van der Waals surface area contributed by atoms with Gasteiger partial charge in [0.1, 0.15) is 12.2 Å². The lowest BCUT2D eigenvalue weighted by Gasteiger charge is -2.35. The molecule has 0 aliphatic carbocycles. The summed E-state index contributed by atoms with van der Waals surface area (Å²) in [7, 11) is -3.27. The van der Waals surface area contributed by atoms with E-state index in [0.29, 0.717) is 65.6 Å². The van der Waals surface area contributed by atoms with Gasteiger partial charge in [-0.1, -0.05) is 30.3 Å². The smallest absolute Gasteiger partial charge is 0.320 e. The zero-order valence-electron chi connectivity index (χ0n) is 34.9. The van der Waals surface area contributed by atoms with E-state index in [0.717, 1.165) is 18.7 Å². The van der Waals surface area contributed by atoms with E-state index in [2.05, 4.69) is 19.6 Å². The van der Waals surface area contributed by atoms with Gasteiger partial charge in [-0.15, -0.1) is 0 Å². The van der Waals surface area contributed by atoms with Crippen LogP contribution in [-0.4, -0.2) is 153 Å². The van der Waals surface area contributed by atoms with Gasteiger partial charge in [-0.25, -0.2) is 19.6 Å². The molecule has 0 aromatic heterocycles. The molecule has 15 heteroatoms. The third-order valence-corrected chi connectivity index (χ3v) is 10.4. The average Bonchev–Trinajstić information content (AvgIpc) is 3.06. The van der Waals surface area contributed by atoms with Gasteiger partial charge < -0.3 is 14.0 Å². The maximum absolute atomic E-state index is 14.3. The Balaban J connectivity index is 2.24. The molecule has 0 spiro atoms. The van der Waals surface area contributed by atoms with E-state index in [1.54, 1.807) is 0 Å². The Labute approximate surface area is 325 Å². The van der Waals surface area contributed by atoms with Crippen LogP contribution in [0.15, 0.2) is 30.3 Å². The van der Waals surface area contributed by atoms with Crippen LogP contribution in [0.1, 0.15) is 81.2 Å². The molecule has 1 atom stereocenters. The van der Waals surface area contributed by atoms with E-state index in [9.17, 15) is 14.2 Å². The van der Waals surface area contributed by atoms with Crippen LogP contribution >= 0.6 is 7.37 Å². The number of hydrogen-bond acceptors (Lipinski definition) is 14. The van der Waals surface area contributed by atoms with Crippen molar-refractivity contribution in [3.05, 3.63) is 35.9 Å². The third-order valence-electron chi connectivity index (χ3n) is 7.98. The quantitative estimate of drug-likeness (QED) is 0.0580. The number of nitrogens with zero attached hydrogens (tertiary/aromatic N) is 4. The summed E-state index contributed by atoms with van der Waals surface area (Å²) < 4.78 is 31.4. The SMILES string of the molecule is CCOP(=O)(CCC(=O)OCc1ccccc1)CN1CCN(CCOOC(C)(C)C)CCN(CCOOC(C)(C)C)CCN(CC(=O)OC(C)(C)C)CC1. The predicted molar refractivity (Wildman–Crippen MR) is 210 cm³/mol. The zero-order chi connectivity index (χ0) is 40.3. The molecule has 0 bridgehead atoms. The van der Waals surface area contributed by atoms with Gasteiger partial charge in [0.05, 0.1) is 50.3 Å². The second-order valence-corrected chi connectivity index (χ2v) is 19.3. The van der Waals surface area contributed by atoms with Gasteiger partial charge in [-0.05, 0) is 74.8 Å². The highest BCUT2D eigenvalue weighted by molar-refractivity contribution is 7.58. The summed E-state index contributed by atoms with van der Waals surface area (Å²) in [6.45, 7) is 26.7. The number of benzene rings is 1. The van der Waals surface area contributed by atoms with E-state index in [4.69, 9.17) is 33.5 Å². The molecule has 1 saturated heterocycles. The first-order valence-electron chi connectivity index (χ1n) is 19.4. The molecule has 0 radical (unpaired) electrons. The Hall–Kier alpha value is -1.97. The molecule has 1 fully saturated rings. The standard InChI is InChI=1S/C39H71N4O10P/c1-11-50-54(46,30-17-35(44)47-32-34-15-13-12-14-16-34)33-43-24-21-41(27-29-49-53-39(8,9)10)19-18-40(26-28-48-52-38(5,6)7)20-22-42(23-25-43)31-36(45)51-37(2,3)4/h12-16H,11,17-33H2,1-10H3. The van der Waals surface area contributed by atoms with Crippen molar-refractivity contribution in [2.24, 2.45) is 0 Å². The second-order valence-electron chi connectivity index (χ2n) is 16.7. The van der Waals surface area contributed by atoms with Gasteiger partial charge in [0.25, 0.3) is 0 Å². The molecule has 1 unspecified atom stereocenters. The Bertz CT molecular complexity index is 1250. The summed E-state index contributed by atoms with van der Waals surface area (Å²) in [4.78, 5) is 56.8. The number of ether oxygens (including phenoxy) is 2. The third kappa shape index (κ3) is 23.8. The highest BCUT2D eigenvalue weighted by Gasteiger charge is 2.29. The van der Waals surface area contributed by atoms with Gasteiger partial charge in [0.2, 0.25) is 7.37 Å². The first-order valence-corrected chi connectivity index (χ1v) is 21.4. The van der Waals surface area contributed by atoms with Crippen molar-refractivity contribution in [1.29, 1.82) is 0 Å². The summed E-state index contributed by atoms with van der Waals surface area (Å²) in [5.41, 5.74) is -0.560. The molecule has 14 nitrogen and oxygen atoms in total. The van der Waals surface area contributed by atoms with Crippen molar-refractivity contribution in [3.8, 4) is 0 Å². The lowest BCUT2D eigenvalue weighted by atomic mass is 10.2. The Morgan fingerprint density at radius 1 is 0.667 bits per heavy atom. The van der Waals surface area contributed by atoms with Crippen LogP contribution in [0, 0.1) is 0 Å². The van der Waals surface area contributed by atoms with Crippen molar-refractivity contribution in [2.75, 3.05) is 104 Å². The molecule has 312 valence electrons. The normalized spacial score (nSPS) is 18.0. The first-order chi connectivity index (χ1) is 25.2. The second kappa shape index (κ2) is 23.9. The Morgan fingerprint density at radius 2 is 1.15 bits per heavy atom. The van der Waals surface area contributed by atoms with Crippen molar-refractivity contribution in [3.63, 3.8) is 0 Å². The van der Waals surface area contributed by atoms with Crippen LogP contribution in [0.2, 0.25) is 0 Å². The fourth-order valence-corrected chi connectivity index (χ4v) is 7.68. The van der Waals surface area contributed by atoms with Crippen molar-refractivity contribution < 1.29 is 47.7 Å². The van der Waals surface area contributed by atoms with E-state index in [1.807, 2.05) is 99.6 Å². The summed E-state index contributed by atoms with van der Waals surface area (Å²) >= 11 is 0. The molecule has 2 rings (SSSR count). The number of esters is 2. The lowest BCUT2D eigenvalue weighted by Crippen LogP contribution is -2.48. The largest absolute Gasteiger partial charge is 0.461 e. The van der Waals surface area contributed by atoms with Crippen molar-refractivity contribution in [1.82, 2.24) is 19.6 Å². The number of carbonyl (C=O) groups excluding carboxylic acids is 2. The maximum Gasteiger partial charge on any atom is 0.320 e. The number of carbonyl (C=O) groups is 2. The Kier molecular flexibility index (Phi) is 21.4. The molecule has 1 heterocycles. The molecular weight excluding hydrogens is 715 g/mol. The highest BCUT2D eigenvalue weighted by atomic mass is 31.2. The fourth-order valence-electron chi connectivity index (χ4n) is 5.44. The molecule has 1 aliphatic heterocycles. The van der Waals surface area contributed by atoms with Crippen LogP contribution in [0.4, 0.5) is 0 Å². The molecule has 0 N–H and O–H groups in total. The molecule has 1 aromatic carbocycles. The van der Waals surface area contributed by atoms with Gasteiger partial charge in [0.15, 0.2) is 0 Å². The fraction of sp³-hybridized carbons (Fsp3) is 0.795. The summed E-state index contributed by atoms with van der Waals surface area (Å²) in [5, 5.41) is 0. The van der Waals surface area contributed by atoms with E-state index in [-0.39, 0.29) is 44.6 Å². The lowest BCUT2D eigenvalue weighted by molar-refractivity contribution is -0.349. The van der Waals surface area contributed by atoms with Crippen LogP contribution in [0.5, 0.6) is 0 Å². The van der Waals surface area contributed by atoms with E-state index in [1.165, 1.54) is 0 Å². The Morgan fingerprint density at radius 3 is 1.61 bits per heavy atom. The van der Waals surface area contributed by atoms with Gasteiger partial charge in [-0.2, -0.15) is 0 Å². The van der Waals surface area contributed by atoms with Crippen LogP contribution in [0.25, 0.3) is 0 Å². The van der Waals surface area contributed by atoms with Crippen LogP contribution in [0.3, 0.4) is 0 Å². The van der Waals surface area contributed by atoms with Crippen molar-refractivity contribution >= 4 is 19.3 Å². The first kappa shape index (κ1) is 48.2. The summed E-state index contributed by atoms with van der Waals surface area (Å²) in [5.74, 6) is -0.716. The van der Waals surface area contributed by atoms with Gasteiger partial charge in [0, 0.05) is 71.6 Å². The number of hydrogen-bond donors (Lipinski definition) is 0. The zero-order valence-corrected chi connectivity index (χ0v) is 35.8. The van der Waals surface area contributed by atoms with Crippen molar-refractivity contribution in [2.45, 2.75) is 99.1 Å². The number of rotatable bonds is 19. The molecule has 0 saturated carbocycles. The molecule has 1 aliphatic rings. The topological polar surface area (TPSA) is 129 Å². The molecular formula is C39H71N4O10P. The molecule has 1 aromatic rings. The van der Waals surface area contributed by atoms with Crippen LogP contribution < -0.4 is 0 Å². The summed E-state index contributed by atoms with van der Waals surface area (Å²) in [6.07, 6.45) is 0.229.